The molecule has 20 heavy (non-hydrogen) atoms. The predicted molar refractivity (Wildman–Crippen MR) is 80.4 cm³/mol. The molecular weight excluding hydrogens is 254 g/mol. The molecule has 0 aliphatic rings. The highest BCUT2D eigenvalue weighted by Crippen LogP contribution is 2.12. The van der Waals surface area contributed by atoms with E-state index in [0.717, 1.165) is 5.56 Å². The lowest BCUT2D eigenvalue weighted by Crippen LogP contribution is -2.39. The first-order chi connectivity index (χ1) is 9.29. The van der Waals surface area contributed by atoms with Crippen LogP contribution < -0.4 is 11.1 Å². The number of carbonyl (C=O) groups is 2. The first-order valence-corrected chi connectivity index (χ1v) is 6.69. The van der Waals surface area contributed by atoms with Crippen molar-refractivity contribution in [3.8, 4) is 0 Å². The van der Waals surface area contributed by atoms with Gasteiger partial charge in [0.2, 0.25) is 5.91 Å². The van der Waals surface area contributed by atoms with Crippen LogP contribution in [0.5, 0.6) is 0 Å². The first-order valence-electron chi connectivity index (χ1n) is 6.69. The monoisotopic (exact) mass is 277 g/mol. The third kappa shape index (κ3) is 4.91. The molecule has 1 aromatic carbocycles. The molecule has 0 saturated carbocycles. The van der Waals surface area contributed by atoms with Crippen LogP contribution in [0.1, 0.15) is 29.8 Å². The van der Waals surface area contributed by atoms with E-state index in [0.29, 0.717) is 23.7 Å². The zero-order valence-electron chi connectivity index (χ0n) is 12.6. The van der Waals surface area contributed by atoms with Gasteiger partial charge in [0.15, 0.2) is 0 Å². The van der Waals surface area contributed by atoms with Crippen LogP contribution in [0, 0.1) is 12.8 Å². The summed E-state index contributed by atoms with van der Waals surface area (Å²) in [7, 11) is 1.61. The van der Waals surface area contributed by atoms with Crippen molar-refractivity contribution in [2.45, 2.75) is 20.8 Å². The number of aryl methyl sites for hydroxylation is 1. The number of likely N-dealkylation sites (N-methyl/N-ethyl adjacent to an activating group) is 1. The van der Waals surface area contributed by atoms with E-state index in [9.17, 15) is 9.59 Å². The molecule has 0 bridgehead atoms. The van der Waals surface area contributed by atoms with Crippen molar-refractivity contribution >= 4 is 17.5 Å². The Morgan fingerprint density at radius 1 is 1.30 bits per heavy atom. The van der Waals surface area contributed by atoms with Gasteiger partial charge in [-0.2, -0.15) is 0 Å². The molecule has 0 aliphatic heterocycles. The lowest BCUT2D eigenvalue weighted by Gasteiger charge is -2.18. The SMILES string of the molecule is Cc1cc(N)cc(C(=O)N(C)CC(=O)NCC(C)C)c1. The highest BCUT2D eigenvalue weighted by Gasteiger charge is 2.15. The van der Waals surface area contributed by atoms with E-state index in [-0.39, 0.29) is 18.4 Å². The van der Waals surface area contributed by atoms with Crippen LogP contribution in [0.3, 0.4) is 0 Å². The molecule has 0 fully saturated rings. The lowest BCUT2D eigenvalue weighted by molar-refractivity contribution is -0.121. The maximum Gasteiger partial charge on any atom is 0.254 e. The quantitative estimate of drug-likeness (QED) is 0.799. The summed E-state index contributed by atoms with van der Waals surface area (Å²) in [5.74, 6) is 0.0202. The largest absolute Gasteiger partial charge is 0.399 e. The van der Waals surface area contributed by atoms with Gasteiger partial charge in [-0.25, -0.2) is 0 Å². The molecular formula is C15H23N3O2. The number of hydrogen-bond donors (Lipinski definition) is 2. The molecule has 1 rings (SSSR count). The maximum absolute atomic E-state index is 12.2. The molecule has 0 aromatic heterocycles. The molecule has 0 aliphatic carbocycles. The topological polar surface area (TPSA) is 75.4 Å². The summed E-state index contributed by atoms with van der Waals surface area (Å²) in [5.41, 5.74) is 7.70. The van der Waals surface area contributed by atoms with E-state index in [1.54, 1.807) is 25.2 Å². The second kappa shape index (κ2) is 6.93. The normalized spacial score (nSPS) is 10.4. The van der Waals surface area contributed by atoms with Crippen LogP contribution in [0.15, 0.2) is 18.2 Å². The minimum absolute atomic E-state index is 0.0411. The number of nitrogen functional groups attached to an aromatic ring is 1. The molecule has 5 nitrogen and oxygen atoms in total. The van der Waals surface area contributed by atoms with E-state index in [1.807, 2.05) is 20.8 Å². The first kappa shape index (κ1) is 16.0. The standard InChI is InChI=1S/C15H23N3O2/c1-10(2)8-17-14(19)9-18(4)15(20)12-5-11(3)6-13(16)7-12/h5-7,10H,8-9,16H2,1-4H3,(H,17,19). The van der Waals surface area contributed by atoms with Gasteiger partial charge in [0.1, 0.15) is 0 Å². The third-order valence-corrected chi connectivity index (χ3v) is 2.78. The Hall–Kier alpha value is -2.04. The van der Waals surface area contributed by atoms with E-state index in [1.165, 1.54) is 4.90 Å². The number of carbonyl (C=O) groups excluding carboxylic acids is 2. The third-order valence-electron chi connectivity index (χ3n) is 2.78. The van der Waals surface area contributed by atoms with E-state index < -0.39 is 0 Å². The minimum Gasteiger partial charge on any atom is -0.399 e. The van der Waals surface area contributed by atoms with Gasteiger partial charge in [0, 0.05) is 24.8 Å². The smallest absolute Gasteiger partial charge is 0.254 e. The van der Waals surface area contributed by atoms with Crippen molar-refractivity contribution in [3.63, 3.8) is 0 Å². The summed E-state index contributed by atoms with van der Waals surface area (Å²) in [6.45, 7) is 6.56. The Labute approximate surface area is 120 Å². The Balaban J connectivity index is 2.64. The van der Waals surface area contributed by atoms with Crippen LogP contribution in [0.4, 0.5) is 5.69 Å². The second-order valence-corrected chi connectivity index (χ2v) is 5.49. The number of benzene rings is 1. The molecule has 110 valence electrons. The van der Waals surface area contributed by atoms with Crippen LogP contribution in [-0.2, 0) is 4.79 Å². The summed E-state index contributed by atoms with van der Waals surface area (Å²) in [4.78, 5) is 25.3. The molecule has 0 unspecified atom stereocenters. The molecule has 5 heteroatoms. The van der Waals surface area contributed by atoms with Gasteiger partial charge in [-0.1, -0.05) is 13.8 Å². The lowest BCUT2D eigenvalue weighted by atomic mass is 10.1. The number of amides is 2. The minimum atomic E-state index is -0.208. The van der Waals surface area contributed by atoms with Crippen molar-refractivity contribution in [1.82, 2.24) is 10.2 Å². The van der Waals surface area contributed by atoms with E-state index >= 15 is 0 Å². The Kier molecular flexibility index (Phi) is 5.55. The average Bonchev–Trinajstić information content (AvgIpc) is 2.34. The fraction of sp³-hybridized carbons (Fsp3) is 0.467. The number of nitrogens with zero attached hydrogens (tertiary/aromatic N) is 1. The molecule has 0 heterocycles. The van der Waals surface area contributed by atoms with Crippen molar-refractivity contribution in [2.24, 2.45) is 5.92 Å². The van der Waals surface area contributed by atoms with Crippen LogP contribution in [0.2, 0.25) is 0 Å². The van der Waals surface area contributed by atoms with Crippen molar-refractivity contribution < 1.29 is 9.59 Å². The fourth-order valence-electron chi connectivity index (χ4n) is 1.82. The van der Waals surface area contributed by atoms with Gasteiger partial charge >= 0.3 is 0 Å². The highest BCUT2D eigenvalue weighted by atomic mass is 16.2. The summed E-state index contributed by atoms with van der Waals surface area (Å²) in [6, 6.07) is 5.19. The molecule has 0 radical (unpaired) electrons. The van der Waals surface area contributed by atoms with E-state index in [2.05, 4.69) is 5.32 Å². The van der Waals surface area contributed by atoms with Gasteiger partial charge in [-0.3, -0.25) is 9.59 Å². The number of nitrogens with two attached hydrogens (primary N) is 1. The summed E-state index contributed by atoms with van der Waals surface area (Å²) in [6.07, 6.45) is 0. The number of anilines is 1. The molecule has 0 atom stereocenters. The van der Waals surface area contributed by atoms with E-state index in [4.69, 9.17) is 5.73 Å². The van der Waals surface area contributed by atoms with Gasteiger partial charge in [0.25, 0.3) is 5.91 Å². The van der Waals surface area contributed by atoms with Crippen molar-refractivity contribution in [3.05, 3.63) is 29.3 Å². The highest BCUT2D eigenvalue weighted by molar-refractivity contribution is 5.97. The van der Waals surface area contributed by atoms with Gasteiger partial charge in [0.05, 0.1) is 6.54 Å². The zero-order chi connectivity index (χ0) is 15.3. The molecule has 0 spiro atoms. The summed E-state index contributed by atoms with van der Waals surface area (Å²) >= 11 is 0. The summed E-state index contributed by atoms with van der Waals surface area (Å²) in [5, 5.41) is 2.78. The Bertz CT molecular complexity index is 478. The van der Waals surface area contributed by atoms with Crippen LogP contribution >= 0.6 is 0 Å². The van der Waals surface area contributed by atoms with Gasteiger partial charge in [-0.15, -0.1) is 0 Å². The molecule has 1 aromatic rings. The summed E-state index contributed by atoms with van der Waals surface area (Å²) < 4.78 is 0. The fourth-order valence-corrected chi connectivity index (χ4v) is 1.82. The van der Waals surface area contributed by atoms with Crippen molar-refractivity contribution in [1.29, 1.82) is 0 Å². The number of hydrogen-bond acceptors (Lipinski definition) is 3. The Morgan fingerprint density at radius 3 is 2.50 bits per heavy atom. The van der Waals surface area contributed by atoms with Crippen LogP contribution in [0.25, 0.3) is 0 Å². The maximum atomic E-state index is 12.2. The number of nitrogens with one attached hydrogen (secondary N) is 1. The van der Waals surface area contributed by atoms with Crippen LogP contribution in [-0.4, -0.2) is 36.9 Å². The van der Waals surface area contributed by atoms with Gasteiger partial charge in [-0.05, 0) is 36.6 Å². The molecule has 2 amide bonds. The Morgan fingerprint density at radius 2 is 1.95 bits per heavy atom. The molecule has 0 saturated heterocycles. The van der Waals surface area contributed by atoms with Crippen molar-refractivity contribution in [2.75, 3.05) is 25.9 Å². The zero-order valence-corrected chi connectivity index (χ0v) is 12.6. The second-order valence-electron chi connectivity index (χ2n) is 5.49. The molecule has 3 N–H and O–H groups in total. The predicted octanol–water partition coefficient (Wildman–Crippen LogP) is 1.42. The van der Waals surface area contributed by atoms with Gasteiger partial charge < -0.3 is 16.0 Å². The number of rotatable bonds is 5. The average molecular weight is 277 g/mol.